The number of hydrogen-bond donors (Lipinski definition) is 1. The number of H-pyrrole nitrogens is 1. The molecule has 3 rings (SSSR count). The Labute approximate surface area is 177 Å². The molecule has 0 bridgehead atoms. The molecular formula is C25H27N3O2. The number of benzene rings is 2. The molecule has 154 valence electrons. The van der Waals surface area contributed by atoms with Crippen molar-refractivity contribution in [3.8, 4) is 17.6 Å². The summed E-state index contributed by atoms with van der Waals surface area (Å²) >= 11 is 0. The largest absolute Gasteiger partial charge is 0.490 e. The van der Waals surface area contributed by atoms with Gasteiger partial charge in [0.15, 0.2) is 11.5 Å². The molecule has 5 heteroatoms. The lowest BCUT2D eigenvalue weighted by Gasteiger charge is -2.16. The number of nitrogens with one attached hydrogen (secondary N) is 1. The topological polar surface area (TPSA) is 70.9 Å². The molecule has 30 heavy (non-hydrogen) atoms. The standard InChI is InChI=1S/C25H27N3O2/c1-6-9-19-12-18(14-23(29-7-2)24(19)30-8-3)13-20(15-26)25-27-21-10-16(4)17(5)11-22(21)28-25/h6,10-14H,1,7-9H2,2-5H3,(H,27,28). The Morgan fingerprint density at radius 2 is 1.87 bits per heavy atom. The van der Waals surface area contributed by atoms with Gasteiger partial charge in [-0.1, -0.05) is 6.08 Å². The average molecular weight is 402 g/mol. The van der Waals surface area contributed by atoms with Crippen LogP contribution >= 0.6 is 0 Å². The lowest BCUT2D eigenvalue weighted by molar-refractivity contribution is 0.285. The van der Waals surface area contributed by atoms with Gasteiger partial charge in [0.25, 0.3) is 0 Å². The van der Waals surface area contributed by atoms with Crippen molar-refractivity contribution in [3.05, 3.63) is 65.0 Å². The van der Waals surface area contributed by atoms with Crippen LogP contribution < -0.4 is 9.47 Å². The van der Waals surface area contributed by atoms with Crippen molar-refractivity contribution in [1.82, 2.24) is 9.97 Å². The minimum atomic E-state index is 0.456. The van der Waals surface area contributed by atoms with Gasteiger partial charge in [-0.2, -0.15) is 5.26 Å². The van der Waals surface area contributed by atoms with E-state index in [0.29, 0.717) is 36.8 Å². The minimum absolute atomic E-state index is 0.456. The van der Waals surface area contributed by atoms with Crippen molar-refractivity contribution in [1.29, 1.82) is 5.26 Å². The summed E-state index contributed by atoms with van der Waals surface area (Å²) in [5.74, 6) is 1.94. The molecule has 3 aromatic rings. The van der Waals surface area contributed by atoms with Gasteiger partial charge in [-0.05, 0) is 81.1 Å². The zero-order valence-corrected chi connectivity index (χ0v) is 18.0. The Kier molecular flexibility index (Phi) is 6.58. The number of aromatic nitrogens is 2. The smallest absolute Gasteiger partial charge is 0.164 e. The summed E-state index contributed by atoms with van der Waals surface area (Å²) in [5, 5.41) is 9.81. The summed E-state index contributed by atoms with van der Waals surface area (Å²) < 4.78 is 11.6. The van der Waals surface area contributed by atoms with Crippen LogP contribution in [0.3, 0.4) is 0 Å². The molecule has 0 saturated heterocycles. The fraction of sp³-hybridized carbons (Fsp3) is 0.280. The molecule has 0 unspecified atom stereocenters. The number of aryl methyl sites for hydroxylation is 2. The van der Waals surface area contributed by atoms with Crippen LogP contribution in [0.5, 0.6) is 11.5 Å². The molecule has 0 aliphatic heterocycles. The van der Waals surface area contributed by atoms with Crippen LogP contribution in [-0.2, 0) is 6.42 Å². The minimum Gasteiger partial charge on any atom is -0.490 e. The van der Waals surface area contributed by atoms with Crippen molar-refractivity contribution in [3.63, 3.8) is 0 Å². The van der Waals surface area contributed by atoms with Crippen molar-refractivity contribution in [2.24, 2.45) is 0 Å². The van der Waals surface area contributed by atoms with Crippen molar-refractivity contribution < 1.29 is 9.47 Å². The summed E-state index contributed by atoms with van der Waals surface area (Å²) in [6, 6.07) is 10.3. The third kappa shape index (κ3) is 4.38. The van der Waals surface area contributed by atoms with E-state index in [9.17, 15) is 5.26 Å². The monoisotopic (exact) mass is 401 g/mol. The molecule has 0 radical (unpaired) electrons. The van der Waals surface area contributed by atoms with Gasteiger partial charge in [-0.3, -0.25) is 0 Å². The molecule has 1 heterocycles. The van der Waals surface area contributed by atoms with Crippen molar-refractivity contribution in [2.45, 2.75) is 34.1 Å². The molecule has 1 aromatic heterocycles. The van der Waals surface area contributed by atoms with Crippen molar-refractivity contribution in [2.75, 3.05) is 13.2 Å². The number of hydrogen-bond acceptors (Lipinski definition) is 4. The highest BCUT2D eigenvalue weighted by molar-refractivity contribution is 5.91. The van der Waals surface area contributed by atoms with E-state index in [4.69, 9.17) is 9.47 Å². The van der Waals surface area contributed by atoms with Crippen LogP contribution in [0.1, 0.15) is 41.9 Å². The lowest BCUT2D eigenvalue weighted by Crippen LogP contribution is -2.02. The fourth-order valence-corrected chi connectivity index (χ4v) is 3.36. The van der Waals surface area contributed by atoms with Crippen LogP contribution in [0.15, 0.2) is 36.9 Å². The van der Waals surface area contributed by atoms with Crippen LogP contribution in [0.25, 0.3) is 22.7 Å². The Balaban J connectivity index is 2.11. The zero-order chi connectivity index (χ0) is 21.7. The first-order valence-corrected chi connectivity index (χ1v) is 10.1. The van der Waals surface area contributed by atoms with E-state index in [1.807, 2.05) is 44.2 Å². The maximum atomic E-state index is 9.81. The first kappa shape index (κ1) is 21.2. The fourth-order valence-electron chi connectivity index (χ4n) is 3.36. The molecule has 0 fully saturated rings. The number of rotatable bonds is 8. The van der Waals surface area contributed by atoms with E-state index in [1.54, 1.807) is 0 Å². The second-order valence-corrected chi connectivity index (χ2v) is 7.07. The first-order valence-electron chi connectivity index (χ1n) is 10.1. The molecular weight excluding hydrogens is 374 g/mol. The zero-order valence-electron chi connectivity index (χ0n) is 18.0. The average Bonchev–Trinajstić information content (AvgIpc) is 3.11. The number of allylic oxidation sites excluding steroid dienone is 2. The summed E-state index contributed by atoms with van der Waals surface area (Å²) in [5.41, 5.74) is 6.40. The summed E-state index contributed by atoms with van der Waals surface area (Å²) in [6.45, 7) is 12.9. The number of nitrogens with zero attached hydrogens (tertiary/aromatic N) is 2. The van der Waals surface area contributed by atoms with Gasteiger partial charge in [0, 0.05) is 5.56 Å². The number of nitriles is 1. The second kappa shape index (κ2) is 9.32. The molecule has 0 saturated carbocycles. The van der Waals surface area contributed by atoms with E-state index in [2.05, 4.69) is 42.5 Å². The first-order chi connectivity index (χ1) is 14.5. The maximum Gasteiger partial charge on any atom is 0.164 e. The van der Waals surface area contributed by atoms with Gasteiger partial charge in [0.05, 0.1) is 29.8 Å². The molecule has 1 N–H and O–H groups in total. The van der Waals surface area contributed by atoms with E-state index < -0.39 is 0 Å². The van der Waals surface area contributed by atoms with E-state index in [-0.39, 0.29) is 0 Å². The Morgan fingerprint density at radius 1 is 1.13 bits per heavy atom. The highest BCUT2D eigenvalue weighted by Gasteiger charge is 2.14. The van der Waals surface area contributed by atoms with Crippen LogP contribution in [0, 0.1) is 25.2 Å². The predicted octanol–water partition coefficient (Wildman–Crippen LogP) is 5.77. The molecule has 0 aliphatic rings. The van der Waals surface area contributed by atoms with E-state index in [0.717, 1.165) is 27.9 Å². The Hall–Kier alpha value is -3.52. The van der Waals surface area contributed by atoms with Gasteiger partial charge in [0.1, 0.15) is 11.9 Å². The summed E-state index contributed by atoms with van der Waals surface area (Å²) in [6.07, 6.45) is 4.29. The van der Waals surface area contributed by atoms with Gasteiger partial charge in [-0.15, -0.1) is 6.58 Å². The molecule has 0 amide bonds. The molecule has 0 aliphatic carbocycles. The van der Waals surface area contributed by atoms with Gasteiger partial charge < -0.3 is 14.5 Å². The lowest BCUT2D eigenvalue weighted by atomic mass is 10.0. The van der Waals surface area contributed by atoms with Crippen LogP contribution in [-0.4, -0.2) is 23.2 Å². The highest BCUT2D eigenvalue weighted by atomic mass is 16.5. The van der Waals surface area contributed by atoms with E-state index in [1.165, 1.54) is 11.1 Å². The highest BCUT2D eigenvalue weighted by Crippen LogP contribution is 2.35. The summed E-state index contributed by atoms with van der Waals surface area (Å²) in [7, 11) is 0. The summed E-state index contributed by atoms with van der Waals surface area (Å²) in [4.78, 5) is 7.90. The molecule has 5 nitrogen and oxygen atoms in total. The molecule has 0 atom stereocenters. The third-order valence-electron chi connectivity index (χ3n) is 4.89. The van der Waals surface area contributed by atoms with Crippen molar-refractivity contribution >= 4 is 22.7 Å². The number of fused-ring (bicyclic) bond motifs is 1. The number of ether oxygens (including phenoxy) is 2. The Morgan fingerprint density at radius 3 is 2.53 bits per heavy atom. The number of aromatic amines is 1. The Bertz CT molecular complexity index is 1110. The SMILES string of the molecule is C=CCc1cc(C=C(C#N)c2nc3cc(C)c(C)cc3[nH]2)cc(OCC)c1OCC. The molecule has 0 spiro atoms. The van der Waals surface area contributed by atoms with Gasteiger partial charge in [-0.25, -0.2) is 4.98 Å². The van der Waals surface area contributed by atoms with Crippen LogP contribution in [0.2, 0.25) is 0 Å². The van der Waals surface area contributed by atoms with E-state index >= 15 is 0 Å². The second-order valence-electron chi connectivity index (χ2n) is 7.07. The van der Waals surface area contributed by atoms with Gasteiger partial charge >= 0.3 is 0 Å². The van der Waals surface area contributed by atoms with Crippen LogP contribution in [0.4, 0.5) is 0 Å². The quantitative estimate of drug-likeness (QED) is 0.384. The number of imidazole rings is 1. The normalized spacial score (nSPS) is 11.4. The predicted molar refractivity (Wildman–Crippen MR) is 122 cm³/mol. The molecule has 2 aromatic carbocycles. The third-order valence-corrected chi connectivity index (χ3v) is 4.89. The van der Waals surface area contributed by atoms with Gasteiger partial charge in [0.2, 0.25) is 0 Å². The maximum absolute atomic E-state index is 9.81.